The van der Waals surface area contributed by atoms with E-state index in [0.29, 0.717) is 13.1 Å². The molecule has 0 aliphatic carbocycles. The van der Waals surface area contributed by atoms with Gasteiger partial charge in [0.05, 0.1) is 10.7 Å². The Balaban J connectivity index is 1.50. The molecule has 1 aromatic heterocycles. The molecule has 0 saturated carbocycles. The molecule has 1 aliphatic heterocycles. The van der Waals surface area contributed by atoms with Crippen molar-refractivity contribution in [3.05, 3.63) is 51.5 Å². The van der Waals surface area contributed by atoms with Gasteiger partial charge in [-0.1, -0.05) is 24.3 Å². The summed E-state index contributed by atoms with van der Waals surface area (Å²) in [4.78, 5) is 18.5. The number of aryl methyl sites for hydroxylation is 1. The number of nitrogens with one attached hydrogen (secondary N) is 1. The van der Waals surface area contributed by atoms with Crippen molar-refractivity contribution in [1.29, 1.82) is 0 Å². The van der Waals surface area contributed by atoms with Crippen LogP contribution in [0.4, 0.5) is 4.79 Å². The molecule has 3 rings (SSSR count). The van der Waals surface area contributed by atoms with Crippen LogP contribution in [0.5, 0.6) is 0 Å². The summed E-state index contributed by atoms with van der Waals surface area (Å²) < 4.78 is 0. The van der Waals surface area contributed by atoms with E-state index in [2.05, 4.69) is 33.9 Å². The molecule has 0 atom stereocenters. The molecule has 0 saturated heterocycles. The minimum atomic E-state index is 0.0245. The maximum atomic E-state index is 12.2. The highest BCUT2D eigenvalue weighted by molar-refractivity contribution is 7.09. The highest BCUT2D eigenvalue weighted by atomic mass is 32.1. The lowest BCUT2D eigenvalue weighted by molar-refractivity contribution is 0.192. The number of rotatable bonds is 3. The summed E-state index contributed by atoms with van der Waals surface area (Å²) in [6, 6.07) is 8.37. The molecule has 110 valence electrons. The van der Waals surface area contributed by atoms with Gasteiger partial charge in [-0.05, 0) is 24.5 Å². The number of carbonyl (C=O) groups is 1. The van der Waals surface area contributed by atoms with Gasteiger partial charge >= 0.3 is 6.03 Å². The van der Waals surface area contributed by atoms with E-state index in [1.54, 1.807) is 11.3 Å². The Kier molecular flexibility index (Phi) is 4.20. The van der Waals surface area contributed by atoms with Gasteiger partial charge in [0, 0.05) is 31.4 Å². The van der Waals surface area contributed by atoms with Crippen molar-refractivity contribution in [2.75, 3.05) is 13.1 Å². The minimum Gasteiger partial charge on any atom is -0.338 e. The number of amides is 2. The van der Waals surface area contributed by atoms with Crippen LogP contribution in [0.3, 0.4) is 0 Å². The number of nitrogens with zero attached hydrogens (tertiary/aromatic N) is 2. The smallest absolute Gasteiger partial charge is 0.317 e. The zero-order chi connectivity index (χ0) is 14.7. The van der Waals surface area contributed by atoms with Gasteiger partial charge < -0.3 is 10.2 Å². The molecule has 0 radical (unpaired) electrons. The molecule has 2 aromatic rings. The van der Waals surface area contributed by atoms with E-state index in [9.17, 15) is 4.79 Å². The maximum Gasteiger partial charge on any atom is 0.317 e. The molecule has 0 spiro atoms. The van der Waals surface area contributed by atoms with E-state index in [4.69, 9.17) is 0 Å². The number of urea groups is 1. The highest BCUT2D eigenvalue weighted by Gasteiger charge is 2.19. The quantitative estimate of drug-likeness (QED) is 0.947. The van der Waals surface area contributed by atoms with Crippen LogP contribution in [0.15, 0.2) is 29.6 Å². The fourth-order valence-electron chi connectivity index (χ4n) is 2.60. The first-order valence-electron chi connectivity index (χ1n) is 7.23. The number of hydrogen-bond acceptors (Lipinski definition) is 3. The molecular formula is C16H19N3OS. The second-order valence-corrected chi connectivity index (χ2v) is 6.34. The predicted molar refractivity (Wildman–Crippen MR) is 84.5 cm³/mol. The fourth-order valence-corrected chi connectivity index (χ4v) is 3.25. The third kappa shape index (κ3) is 3.42. The molecular weight excluding hydrogens is 282 g/mol. The monoisotopic (exact) mass is 301 g/mol. The molecule has 21 heavy (non-hydrogen) atoms. The van der Waals surface area contributed by atoms with E-state index in [-0.39, 0.29) is 6.03 Å². The predicted octanol–water partition coefficient (Wildman–Crippen LogP) is 2.76. The Hall–Kier alpha value is -1.88. The lowest BCUT2D eigenvalue weighted by Gasteiger charge is -2.28. The van der Waals surface area contributed by atoms with Crippen molar-refractivity contribution in [3.8, 4) is 0 Å². The van der Waals surface area contributed by atoms with Crippen molar-refractivity contribution in [2.45, 2.75) is 26.3 Å². The van der Waals surface area contributed by atoms with Crippen LogP contribution >= 0.6 is 11.3 Å². The summed E-state index contributed by atoms with van der Waals surface area (Å²) in [5, 5.41) is 6.12. The lowest BCUT2D eigenvalue weighted by Crippen LogP contribution is -2.43. The first-order valence-corrected chi connectivity index (χ1v) is 8.11. The largest absolute Gasteiger partial charge is 0.338 e. The highest BCUT2D eigenvalue weighted by Crippen LogP contribution is 2.18. The SMILES string of the molecule is Cc1nc(CCNC(=O)N2CCc3ccccc3C2)cs1. The van der Waals surface area contributed by atoms with Crippen molar-refractivity contribution < 1.29 is 4.79 Å². The Bertz CT molecular complexity index is 638. The van der Waals surface area contributed by atoms with Gasteiger partial charge in [0.2, 0.25) is 0 Å². The van der Waals surface area contributed by atoms with E-state index in [1.165, 1.54) is 11.1 Å². The molecule has 1 aliphatic rings. The van der Waals surface area contributed by atoms with Crippen LogP contribution in [-0.4, -0.2) is 29.0 Å². The van der Waals surface area contributed by atoms with Crippen LogP contribution in [-0.2, 0) is 19.4 Å². The average Bonchev–Trinajstić information content (AvgIpc) is 2.92. The Morgan fingerprint density at radius 1 is 1.38 bits per heavy atom. The molecule has 1 N–H and O–H groups in total. The Morgan fingerprint density at radius 2 is 2.19 bits per heavy atom. The van der Waals surface area contributed by atoms with E-state index < -0.39 is 0 Å². The van der Waals surface area contributed by atoms with Gasteiger partial charge in [-0.25, -0.2) is 9.78 Å². The molecule has 0 bridgehead atoms. The third-order valence-corrected chi connectivity index (χ3v) is 4.56. The first kappa shape index (κ1) is 14.1. The second-order valence-electron chi connectivity index (χ2n) is 5.28. The zero-order valence-corrected chi connectivity index (χ0v) is 12.9. The summed E-state index contributed by atoms with van der Waals surface area (Å²) in [5.74, 6) is 0. The number of fused-ring (bicyclic) bond motifs is 1. The minimum absolute atomic E-state index is 0.0245. The van der Waals surface area contributed by atoms with Crippen LogP contribution in [0, 0.1) is 6.92 Å². The van der Waals surface area contributed by atoms with Crippen molar-refractivity contribution in [2.24, 2.45) is 0 Å². The summed E-state index contributed by atoms with van der Waals surface area (Å²) in [5.41, 5.74) is 3.68. The van der Waals surface area contributed by atoms with Gasteiger partial charge in [-0.3, -0.25) is 0 Å². The third-order valence-electron chi connectivity index (χ3n) is 3.74. The van der Waals surface area contributed by atoms with E-state index >= 15 is 0 Å². The van der Waals surface area contributed by atoms with Gasteiger partial charge in [-0.2, -0.15) is 0 Å². The number of carbonyl (C=O) groups excluding carboxylic acids is 1. The Labute approximate surface area is 128 Å². The molecule has 2 heterocycles. The number of thiazole rings is 1. The topological polar surface area (TPSA) is 45.2 Å². The summed E-state index contributed by atoms with van der Waals surface area (Å²) >= 11 is 1.65. The standard InChI is InChI=1S/C16H19N3OS/c1-12-18-15(11-21-12)6-8-17-16(20)19-9-7-13-4-2-3-5-14(13)10-19/h2-5,11H,6-10H2,1H3,(H,17,20). The number of hydrogen-bond donors (Lipinski definition) is 1. The van der Waals surface area contributed by atoms with Gasteiger partial charge in [0.15, 0.2) is 0 Å². The summed E-state index contributed by atoms with van der Waals surface area (Å²) in [6.45, 7) is 4.13. The summed E-state index contributed by atoms with van der Waals surface area (Å²) in [7, 11) is 0. The van der Waals surface area contributed by atoms with Crippen LogP contribution in [0.2, 0.25) is 0 Å². The second kappa shape index (κ2) is 6.26. The molecule has 5 heteroatoms. The molecule has 1 aromatic carbocycles. The molecule has 0 fully saturated rings. The maximum absolute atomic E-state index is 12.2. The number of benzene rings is 1. The van der Waals surface area contributed by atoms with Crippen molar-refractivity contribution in [3.63, 3.8) is 0 Å². The zero-order valence-electron chi connectivity index (χ0n) is 12.1. The molecule has 0 unspecified atom stereocenters. The Morgan fingerprint density at radius 3 is 2.95 bits per heavy atom. The first-order chi connectivity index (χ1) is 10.2. The molecule has 2 amide bonds. The lowest BCUT2D eigenvalue weighted by atomic mass is 10.0. The van der Waals surface area contributed by atoms with Gasteiger partial charge in [-0.15, -0.1) is 11.3 Å². The molecule has 4 nitrogen and oxygen atoms in total. The van der Waals surface area contributed by atoms with Crippen LogP contribution in [0.1, 0.15) is 21.8 Å². The van der Waals surface area contributed by atoms with Crippen LogP contribution < -0.4 is 5.32 Å². The van der Waals surface area contributed by atoms with Crippen molar-refractivity contribution >= 4 is 17.4 Å². The van der Waals surface area contributed by atoms with Crippen molar-refractivity contribution in [1.82, 2.24) is 15.2 Å². The van der Waals surface area contributed by atoms with E-state index in [0.717, 1.165) is 30.1 Å². The number of aromatic nitrogens is 1. The summed E-state index contributed by atoms with van der Waals surface area (Å²) in [6.07, 6.45) is 1.73. The van der Waals surface area contributed by atoms with Gasteiger partial charge in [0.1, 0.15) is 0 Å². The van der Waals surface area contributed by atoms with Crippen LogP contribution in [0.25, 0.3) is 0 Å². The van der Waals surface area contributed by atoms with E-state index in [1.807, 2.05) is 17.9 Å². The fraction of sp³-hybridized carbons (Fsp3) is 0.375. The van der Waals surface area contributed by atoms with Gasteiger partial charge in [0.25, 0.3) is 0 Å². The average molecular weight is 301 g/mol. The normalized spacial score (nSPS) is 13.9.